The number of halogens is 1. The molecule has 0 bridgehead atoms. The van der Waals surface area contributed by atoms with Crippen molar-refractivity contribution in [1.29, 1.82) is 0 Å². The molecule has 0 aliphatic carbocycles. The topological polar surface area (TPSA) is 57.0 Å². The maximum atomic E-state index is 6.18. The van der Waals surface area contributed by atoms with E-state index in [-0.39, 0.29) is 6.04 Å². The molecule has 1 atom stereocenters. The van der Waals surface area contributed by atoms with Crippen molar-refractivity contribution < 1.29 is 4.42 Å². The second kappa shape index (κ2) is 4.15. The molecule has 3 aromatic rings. The molecule has 2 N–H and O–H groups in total. The highest BCUT2D eigenvalue weighted by atomic mass is 35.5. The molecular weight excluding hydrogens is 250 g/mol. The SMILES string of the molecule is Cn1nccc1C(N)c1cc2cc(Cl)ccc2o1. The monoisotopic (exact) mass is 261 g/mol. The maximum Gasteiger partial charge on any atom is 0.134 e. The first-order chi connectivity index (χ1) is 8.65. The van der Waals surface area contributed by atoms with Crippen LogP contribution in [0.15, 0.2) is 40.9 Å². The molecule has 2 heterocycles. The first-order valence-electron chi connectivity index (χ1n) is 5.57. The lowest BCUT2D eigenvalue weighted by atomic mass is 10.1. The van der Waals surface area contributed by atoms with Gasteiger partial charge in [0.05, 0.1) is 5.69 Å². The Morgan fingerprint density at radius 3 is 2.89 bits per heavy atom. The summed E-state index contributed by atoms with van der Waals surface area (Å²) in [5.41, 5.74) is 7.86. The van der Waals surface area contributed by atoms with E-state index in [0.29, 0.717) is 10.8 Å². The molecule has 0 radical (unpaired) electrons. The van der Waals surface area contributed by atoms with E-state index in [1.807, 2.05) is 31.3 Å². The van der Waals surface area contributed by atoms with E-state index in [4.69, 9.17) is 21.8 Å². The molecule has 2 aromatic heterocycles. The van der Waals surface area contributed by atoms with Gasteiger partial charge in [-0.3, -0.25) is 4.68 Å². The number of hydrogen-bond acceptors (Lipinski definition) is 3. The van der Waals surface area contributed by atoms with Crippen LogP contribution < -0.4 is 5.73 Å². The van der Waals surface area contributed by atoms with E-state index in [2.05, 4.69) is 5.10 Å². The van der Waals surface area contributed by atoms with Gasteiger partial charge in [0.25, 0.3) is 0 Å². The zero-order chi connectivity index (χ0) is 12.7. The number of rotatable bonds is 2. The molecule has 0 spiro atoms. The van der Waals surface area contributed by atoms with Gasteiger partial charge in [-0.15, -0.1) is 0 Å². The first-order valence-corrected chi connectivity index (χ1v) is 5.95. The van der Waals surface area contributed by atoms with Crippen molar-refractivity contribution in [3.63, 3.8) is 0 Å². The molecule has 3 rings (SSSR count). The van der Waals surface area contributed by atoms with Gasteiger partial charge in [0, 0.05) is 23.7 Å². The van der Waals surface area contributed by atoms with Crippen LogP contribution in [-0.2, 0) is 7.05 Å². The molecule has 0 saturated heterocycles. The first kappa shape index (κ1) is 11.3. The summed E-state index contributed by atoms with van der Waals surface area (Å²) in [5, 5.41) is 5.74. The lowest BCUT2D eigenvalue weighted by Crippen LogP contribution is -2.15. The lowest BCUT2D eigenvalue weighted by Gasteiger charge is -2.08. The summed E-state index contributed by atoms with van der Waals surface area (Å²) < 4.78 is 7.48. The van der Waals surface area contributed by atoms with Gasteiger partial charge >= 0.3 is 0 Å². The minimum atomic E-state index is -0.330. The highest BCUT2D eigenvalue weighted by Crippen LogP contribution is 2.28. The molecule has 4 nitrogen and oxygen atoms in total. The average molecular weight is 262 g/mol. The fourth-order valence-corrected chi connectivity index (χ4v) is 2.20. The Balaban J connectivity index is 2.07. The number of aryl methyl sites for hydroxylation is 1. The van der Waals surface area contributed by atoms with Crippen LogP contribution in [0, 0.1) is 0 Å². The minimum absolute atomic E-state index is 0.330. The van der Waals surface area contributed by atoms with Crippen molar-refractivity contribution in [2.45, 2.75) is 6.04 Å². The van der Waals surface area contributed by atoms with Gasteiger partial charge in [-0.1, -0.05) is 11.6 Å². The molecule has 1 unspecified atom stereocenters. The molecule has 5 heteroatoms. The van der Waals surface area contributed by atoms with Crippen LogP contribution in [0.5, 0.6) is 0 Å². The summed E-state index contributed by atoms with van der Waals surface area (Å²) in [6.07, 6.45) is 1.72. The van der Waals surface area contributed by atoms with E-state index in [9.17, 15) is 0 Å². The Morgan fingerprint density at radius 2 is 2.17 bits per heavy atom. The van der Waals surface area contributed by atoms with Gasteiger partial charge in [0.2, 0.25) is 0 Å². The van der Waals surface area contributed by atoms with Crippen molar-refractivity contribution in [2.24, 2.45) is 12.8 Å². The summed E-state index contributed by atoms with van der Waals surface area (Å²) in [7, 11) is 1.86. The quantitative estimate of drug-likeness (QED) is 0.772. The largest absolute Gasteiger partial charge is 0.459 e. The number of benzene rings is 1. The van der Waals surface area contributed by atoms with Crippen LogP contribution in [0.1, 0.15) is 17.5 Å². The van der Waals surface area contributed by atoms with Crippen molar-refractivity contribution in [3.8, 4) is 0 Å². The summed E-state index contributed by atoms with van der Waals surface area (Å²) >= 11 is 5.95. The fourth-order valence-electron chi connectivity index (χ4n) is 2.02. The fraction of sp³-hybridized carbons (Fsp3) is 0.154. The van der Waals surface area contributed by atoms with Crippen molar-refractivity contribution >= 4 is 22.6 Å². The van der Waals surface area contributed by atoms with E-state index in [0.717, 1.165) is 16.7 Å². The number of nitrogens with two attached hydrogens (primary N) is 1. The molecule has 0 aliphatic heterocycles. The van der Waals surface area contributed by atoms with Gasteiger partial charge in [-0.25, -0.2) is 0 Å². The second-order valence-corrected chi connectivity index (χ2v) is 4.62. The smallest absolute Gasteiger partial charge is 0.134 e. The Bertz CT molecular complexity index is 701. The van der Waals surface area contributed by atoms with E-state index in [1.54, 1.807) is 16.9 Å². The summed E-state index contributed by atoms with van der Waals surface area (Å²) in [6.45, 7) is 0. The highest BCUT2D eigenvalue weighted by molar-refractivity contribution is 6.31. The normalized spacial score (nSPS) is 13.1. The Kier molecular flexibility index (Phi) is 2.61. The molecular formula is C13H12ClN3O. The van der Waals surface area contributed by atoms with Crippen LogP contribution in [0.25, 0.3) is 11.0 Å². The van der Waals surface area contributed by atoms with Crippen LogP contribution in [-0.4, -0.2) is 9.78 Å². The third-order valence-corrected chi connectivity index (χ3v) is 3.22. The number of aromatic nitrogens is 2. The van der Waals surface area contributed by atoms with Crippen LogP contribution in [0.2, 0.25) is 5.02 Å². The molecule has 18 heavy (non-hydrogen) atoms. The number of furan rings is 1. The van der Waals surface area contributed by atoms with Gasteiger partial charge in [0.1, 0.15) is 17.4 Å². The van der Waals surface area contributed by atoms with Crippen molar-refractivity contribution in [2.75, 3.05) is 0 Å². The minimum Gasteiger partial charge on any atom is -0.459 e. The average Bonchev–Trinajstić information content (AvgIpc) is 2.93. The number of nitrogens with zero attached hydrogens (tertiary/aromatic N) is 2. The predicted octanol–water partition coefficient (Wildman–Crippen LogP) is 2.87. The Morgan fingerprint density at radius 1 is 1.33 bits per heavy atom. The third kappa shape index (κ3) is 1.79. The van der Waals surface area contributed by atoms with E-state index < -0.39 is 0 Å². The zero-order valence-electron chi connectivity index (χ0n) is 9.80. The van der Waals surface area contributed by atoms with Gasteiger partial charge in [-0.2, -0.15) is 5.10 Å². The molecule has 0 fully saturated rings. The van der Waals surface area contributed by atoms with Gasteiger partial charge < -0.3 is 10.2 Å². The highest BCUT2D eigenvalue weighted by Gasteiger charge is 2.17. The molecule has 1 aromatic carbocycles. The van der Waals surface area contributed by atoms with Gasteiger partial charge in [0.15, 0.2) is 0 Å². The Hall–Kier alpha value is -1.78. The second-order valence-electron chi connectivity index (χ2n) is 4.19. The van der Waals surface area contributed by atoms with Crippen LogP contribution >= 0.6 is 11.6 Å². The van der Waals surface area contributed by atoms with Crippen molar-refractivity contribution in [3.05, 3.63) is 53.0 Å². The van der Waals surface area contributed by atoms with Crippen LogP contribution in [0.3, 0.4) is 0 Å². The van der Waals surface area contributed by atoms with Crippen molar-refractivity contribution in [1.82, 2.24) is 9.78 Å². The van der Waals surface area contributed by atoms with Crippen LogP contribution in [0.4, 0.5) is 0 Å². The summed E-state index contributed by atoms with van der Waals surface area (Å²) in [5.74, 6) is 0.705. The van der Waals surface area contributed by atoms with E-state index in [1.165, 1.54) is 0 Å². The zero-order valence-corrected chi connectivity index (χ0v) is 10.6. The summed E-state index contributed by atoms with van der Waals surface area (Å²) in [6, 6.07) is 8.97. The third-order valence-electron chi connectivity index (χ3n) is 2.98. The molecule has 92 valence electrons. The molecule has 0 saturated carbocycles. The predicted molar refractivity (Wildman–Crippen MR) is 70.5 cm³/mol. The van der Waals surface area contributed by atoms with Gasteiger partial charge in [-0.05, 0) is 30.3 Å². The molecule has 0 aliphatic rings. The standard InChI is InChI=1S/C13H12ClN3O/c1-17-10(4-5-16-17)13(15)12-7-8-6-9(14)2-3-11(8)18-12/h2-7,13H,15H2,1H3. The Labute approximate surface area is 109 Å². The van der Waals surface area contributed by atoms with E-state index >= 15 is 0 Å². The lowest BCUT2D eigenvalue weighted by molar-refractivity contribution is 0.509. The summed E-state index contributed by atoms with van der Waals surface area (Å²) in [4.78, 5) is 0. The maximum absolute atomic E-state index is 6.18. The molecule has 0 amide bonds. The number of hydrogen-bond donors (Lipinski definition) is 1. The number of fused-ring (bicyclic) bond motifs is 1.